The highest BCUT2D eigenvalue weighted by atomic mass is 35.5. The van der Waals surface area contributed by atoms with E-state index in [9.17, 15) is 13.2 Å². The number of benzene rings is 1. The van der Waals surface area contributed by atoms with Gasteiger partial charge in [0.05, 0.1) is 16.6 Å². The molecule has 1 aliphatic rings. The van der Waals surface area contributed by atoms with E-state index >= 15 is 0 Å². The van der Waals surface area contributed by atoms with Gasteiger partial charge >= 0.3 is 0 Å². The molecule has 8 heteroatoms. The Kier molecular flexibility index (Phi) is 6.09. The molecule has 0 spiro atoms. The summed E-state index contributed by atoms with van der Waals surface area (Å²) in [7, 11) is -3.93. The van der Waals surface area contributed by atoms with Crippen molar-refractivity contribution in [3.8, 4) is 0 Å². The monoisotopic (exact) mass is 364 g/mol. The number of carbonyl (C=O) groups is 1. The maximum atomic E-state index is 12.2. The molecule has 2 rings (SSSR count). The summed E-state index contributed by atoms with van der Waals surface area (Å²) in [5.74, 6) is -0.348. The van der Waals surface area contributed by atoms with Crippen LogP contribution in [0.25, 0.3) is 0 Å². The van der Waals surface area contributed by atoms with Gasteiger partial charge in [0, 0.05) is 6.04 Å². The minimum atomic E-state index is -3.93. The summed E-state index contributed by atoms with van der Waals surface area (Å²) >= 11 is 11.8. The molecule has 0 aliphatic heterocycles. The van der Waals surface area contributed by atoms with Gasteiger partial charge in [-0.25, -0.2) is 13.1 Å². The molecule has 1 aromatic carbocycles. The Morgan fingerprint density at radius 2 is 1.73 bits per heavy atom. The molecule has 1 fully saturated rings. The van der Waals surface area contributed by atoms with Crippen LogP contribution in [0.15, 0.2) is 23.1 Å². The fourth-order valence-corrected chi connectivity index (χ4v) is 4.62. The Labute approximate surface area is 140 Å². The molecule has 1 saturated carbocycles. The summed E-state index contributed by atoms with van der Waals surface area (Å²) in [5.41, 5.74) is 0. The summed E-state index contributed by atoms with van der Waals surface area (Å²) in [6.07, 6.45) is 5.24. The molecule has 0 heterocycles. The number of hydrogen-bond acceptors (Lipinski definition) is 3. The maximum Gasteiger partial charge on any atom is 0.244 e. The second kappa shape index (κ2) is 7.64. The first-order chi connectivity index (χ1) is 10.4. The summed E-state index contributed by atoms with van der Waals surface area (Å²) < 4.78 is 26.7. The topological polar surface area (TPSA) is 75.3 Å². The van der Waals surface area contributed by atoms with E-state index < -0.39 is 10.0 Å². The maximum absolute atomic E-state index is 12.2. The Bertz CT molecular complexity index is 623. The summed E-state index contributed by atoms with van der Waals surface area (Å²) in [4.78, 5) is 11.7. The summed E-state index contributed by atoms with van der Waals surface area (Å²) in [6, 6.07) is 4.56. The smallest absolute Gasteiger partial charge is 0.244 e. The third kappa shape index (κ3) is 4.59. The molecule has 0 bridgehead atoms. The first kappa shape index (κ1) is 17.5. The van der Waals surface area contributed by atoms with Gasteiger partial charge < -0.3 is 5.32 Å². The lowest BCUT2D eigenvalue weighted by molar-refractivity contribution is -0.120. The lowest BCUT2D eigenvalue weighted by Crippen LogP contribution is -2.42. The SMILES string of the molecule is O=C(CNS(=O)(=O)c1c(Cl)cccc1Cl)NC1CCCCC1. The molecule has 1 amide bonds. The third-order valence-electron chi connectivity index (χ3n) is 3.58. The van der Waals surface area contributed by atoms with Gasteiger partial charge in [-0.2, -0.15) is 0 Å². The van der Waals surface area contributed by atoms with Crippen molar-refractivity contribution in [2.75, 3.05) is 6.54 Å². The normalized spacial score (nSPS) is 16.5. The Hall–Kier alpha value is -0.820. The molecular weight excluding hydrogens is 347 g/mol. The number of hydrogen-bond donors (Lipinski definition) is 2. The molecule has 122 valence electrons. The second-order valence-corrected chi connectivity index (χ2v) is 7.80. The fraction of sp³-hybridized carbons (Fsp3) is 0.500. The Morgan fingerprint density at radius 3 is 2.32 bits per heavy atom. The van der Waals surface area contributed by atoms with Gasteiger partial charge in [0.2, 0.25) is 15.9 Å². The van der Waals surface area contributed by atoms with Crippen LogP contribution in [0.3, 0.4) is 0 Å². The number of carbonyl (C=O) groups excluding carboxylic acids is 1. The van der Waals surface area contributed by atoms with Crippen LogP contribution in [0.4, 0.5) is 0 Å². The van der Waals surface area contributed by atoms with E-state index in [2.05, 4.69) is 10.0 Å². The average Bonchev–Trinajstić information content (AvgIpc) is 2.46. The van der Waals surface area contributed by atoms with Crippen molar-refractivity contribution in [2.45, 2.75) is 43.0 Å². The van der Waals surface area contributed by atoms with Crippen LogP contribution in [-0.4, -0.2) is 26.9 Å². The average molecular weight is 365 g/mol. The zero-order valence-corrected chi connectivity index (χ0v) is 14.3. The number of sulfonamides is 1. The zero-order chi connectivity index (χ0) is 16.2. The van der Waals surface area contributed by atoms with Gasteiger partial charge in [0.25, 0.3) is 0 Å². The highest BCUT2D eigenvalue weighted by Crippen LogP contribution is 2.28. The van der Waals surface area contributed by atoms with Crippen LogP contribution in [-0.2, 0) is 14.8 Å². The van der Waals surface area contributed by atoms with E-state index in [4.69, 9.17) is 23.2 Å². The number of nitrogens with one attached hydrogen (secondary N) is 2. The molecule has 0 aromatic heterocycles. The van der Waals surface area contributed by atoms with Crippen molar-refractivity contribution in [3.05, 3.63) is 28.2 Å². The minimum absolute atomic E-state index is 0.0210. The predicted molar refractivity (Wildman–Crippen MR) is 86.7 cm³/mol. The van der Waals surface area contributed by atoms with Gasteiger partial charge in [-0.05, 0) is 25.0 Å². The number of halogens is 2. The molecule has 0 atom stereocenters. The largest absolute Gasteiger partial charge is 0.352 e. The van der Waals surface area contributed by atoms with Gasteiger partial charge in [-0.15, -0.1) is 0 Å². The zero-order valence-electron chi connectivity index (χ0n) is 11.9. The molecule has 0 radical (unpaired) electrons. The number of rotatable bonds is 5. The van der Waals surface area contributed by atoms with Gasteiger partial charge in [0.15, 0.2) is 0 Å². The minimum Gasteiger partial charge on any atom is -0.352 e. The first-order valence-corrected chi connectivity index (χ1v) is 9.37. The van der Waals surface area contributed by atoms with Crippen molar-refractivity contribution >= 4 is 39.1 Å². The van der Waals surface area contributed by atoms with E-state index in [1.54, 1.807) is 6.07 Å². The van der Waals surface area contributed by atoms with Gasteiger partial charge in [-0.1, -0.05) is 48.5 Å². The Balaban J connectivity index is 1.96. The highest BCUT2D eigenvalue weighted by molar-refractivity contribution is 7.89. The number of amides is 1. The van der Waals surface area contributed by atoms with E-state index in [1.165, 1.54) is 18.6 Å². The van der Waals surface area contributed by atoms with Crippen molar-refractivity contribution in [2.24, 2.45) is 0 Å². The van der Waals surface area contributed by atoms with Crippen LogP contribution < -0.4 is 10.0 Å². The van der Waals surface area contributed by atoms with Crippen LogP contribution in [0.1, 0.15) is 32.1 Å². The Morgan fingerprint density at radius 1 is 1.14 bits per heavy atom. The van der Waals surface area contributed by atoms with Gasteiger partial charge in [0.1, 0.15) is 4.90 Å². The van der Waals surface area contributed by atoms with E-state index in [0.29, 0.717) is 0 Å². The van der Waals surface area contributed by atoms with Gasteiger partial charge in [-0.3, -0.25) is 4.79 Å². The molecule has 0 saturated heterocycles. The van der Waals surface area contributed by atoms with Crippen LogP contribution >= 0.6 is 23.2 Å². The van der Waals surface area contributed by atoms with Crippen molar-refractivity contribution in [3.63, 3.8) is 0 Å². The molecule has 2 N–H and O–H groups in total. The van der Waals surface area contributed by atoms with E-state index in [0.717, 1.165) is 25.7 Å². The molecule has 0 unspecified atom stereocenters. The van der Waals surface area contributed by atoms with Crippen molar-refractivity contribution < 1.29 is 13.2 Å². The molecule has 1 aromatic rings. The molecule has 1 aliphatic carbocycles. The second-order valence-electron chi connectivity index (χ2n) is 5.28. The van der Waals surface area contributed by atoms with Crippen LogP contribution in [0.5, 0.6) is 0 Å². The van der Waals surface area contributed by atoms with Crippen LogP contribution in [0.2, 0.25) is 10.0 Å². The fourth-order valence-electron chi connectivity index (χ4n) is 2.50. The predicted octanol–water partition coefficient (Wildman–Crippen LogP) is 2.72. The van der Waals surface area contributed by atoms with Crippen LogP contribution in [0, 0.1) is 0 Å². The molecular formula is C14H18Cl2N2O3S. The van der Waals surface area contributed by atoms with E-state index in [-0.39, 0.29) is 33.4 Å². The third-order valence-corrected chi connectivity index (χ3v) is 5.94. The lowest BCUT2D eigenvalue weighted by atomic mass is 9.95. The summed E-state index contributed by atoms with van der Waals surface area (Å²) in [6.45, 7) is -0.333. The molecule has 22 heavy (non-hydrogen) atoms. The van der Waals surface area contributed by atoms with Crippen molar-refractivity contribution in [1.82, 2.24) is 10.0 Å². The van der Waals surface area contributed by atoms with E-state index in [1.807, 2.05) is 0 Å². The quantitative estimate of drug-likeness (QED) is 0.843. The first-order valence-electron chi connectivity index (χ1n) is 7.13. The standard InChI is InChI=1S/C14H18Cl2N2O3S/c15-11-7-4-8-12(16)14(11)22(20,21)17-9-13(19)18-10-5-2-1-3-6-10/h4,7-8,10,17H,1-3,5-6,9H2,(H,18,19). The lowest BCUT2D eigenvalue weighted by Gasteiger charge is -2.22. The highest BCUT2D eigenvalue weighted by Gasteiger charge is 2.23. The van der Waals surface area contributed by atoms with Crippen molar-refractivity contribution in [1.29, 1.82) is 0 Å². The molecule has 5 nitrogen and oxygen atoms in total. The summed E-state index contributed by atoms with van der Waals surface area (Å²) in [5, 5.41) is 2.88.